The Kier molecular flexibility index (Phi) is 4.60. The van der Waals surface area contributed by atoms with Crippen LogP contribution in [0.5, 0.6) is 0 Å². The predicted molar refractivity (Wildman–Crippen MR) is 93.3 cm³/mol. The third kappa shape index (κ3) is 3.30. The second kappa shape index (κ2) is 6.67. The number of amides is 1. The van der Waals surface area contributed by atoms with Gasteiger partial charge >= 0.3 is 5.97 Å². The van der Waals surface area contributed by atoms with Crippen LogP contribution in [0.25, 0.3) is 10.9 Å². The second-order valence-electron chi connectivity index (χ2n) is 6.84. The maximum atomic E-state index is 12.8. The molecule has 2 N–H and O–H groups in total. The normalized spacial score (nSPS) is 18.1. The number of rotatable bonds is 4. The number of carboxylic acids is 1. The van der Waals surface area contributed by atoms with Gasteiger partial charge in [-0.2, -0.15) is 0 Å². The first-order valence-corrected chi connectivity index (χ1v) is 8.55. The first-order chi connectivity index (χ1) is 11.5. The molecule has 1 aliphatic rings. The molecule has 24 heavy (non-hydrogen) atoms. The highest BCUT2D eigenvalue weighted by Gasteiger charge is 2.26. The first kappa shape index (κ1) is 16.6. The van der Waals surface area contributed by atoms with Crippen LogP contribution in [0.3, 0.4) is 0 Å². The zero-order chi connectivity index (χ0) is 17.3. The van der Waals surface area contributed by atoms with Gasteiger partial charge in [0.1, 0.15) is 5.69 Å². The van der Waals surface area contributed by atoms with E-state index in [9.17, 15) is 9.59 Å². The van der Waals surface area contributed by atoms with Gasteiger partial charge in [-0.1, -0.05) is 6.07 Å². The molecule has 1 amide bonds. The molecule has 0 spiro atoms. The highest BCUT2D eigenvalue weighted by Crippen LogP contribution is 2.25. The van der Waals surface area contributed by atoms with E-state index in [1.165, 1.54) is 11.1 Å². The molecule has 0 bridgehead atoms. The standard InChI is InChI=1S/C19H24N2O3/c1-12-5-7-16-15(13(12)2)10-17(20-16)19(24)21-9-3-4-14(11-21)6-8-18(22)23/h5,7,10,14,20H,3-4,6,8-9,11H2,1-2H3,(H,22,23). The fraction of sp³-hybridized carbons (Fsp3) is 0.474. The zero-order valence-electron chi connectivity index (χ0n) is 14.3. The number of nitrogens with zero attached hydrogens (tertiary/aromatic N) is 1. The van der Waals surface area contributed by atoms with Crippen LogP contribution < -0.4 is 0 Å². The molecule has 5 heteroatoms. The van der Waals surface area contributed by atoms with Crippen LogP contribution in [-0.2, 0) is 4.79 Å². The molecule has 0 aliphatic carbocycles. The Morgan fingerprint density at radius 1 is 1.33 bits per heavy atom. The highest BCUT2D eigenvalue weighted by atomic mass is 16.4. The van der Waals surface area contributed by atoms with Crippen LogP contribution in [0, 0.1) is 19.8 Å². The average Bonchev–Trinajstić information content (AvgIpc) is 3.01. The van der Waals surface area contributed by atoms with Crippen LogP contribution in [-0.4, -0.2) is 40.0 Å². The lowest BCUT2D eigenvalue weighted by Crippen LogP contribution is -2.40. The molecule has 2 aromatic rings. The summed E-state index contributed by atoms with van der Waals surface area (Å²) in [5.74, 6) is -0.463. The van der Waals surface area contributed by atoms with E-state index in [1.807, 2.05) is 17.0 Å². The molecule has 1 saturated heterocycles. The summed E-state index contributed by atoms with van der Waals surface area (Å²) in [5.41, 5.74) is 4.02. The van der Waals surface area contributed by atoms with E-state index in [0.717, 1.165) is 30.3 Å². The molecular weight excluding hydrogens is 304 g/mol. The van der Waals surface area contributed by atoms with E-state index in [1.54, 1.807) is 0 Å². The van der Waals surface area contributed by atoms with Gasteiger partial charge in [0.05, 0.1) is 0 Å². The van der Waals surface area contributed by atoms with E-state index in [-0.39, 0.29) is 18.2 Å². The number of likely N-dealkylation sites (tertiary alicyclic amines) is 1. The molecule has 1 aromatic carbocycles. The topological polar surface area (TPSA) is 73.4 Å². The number of aromatic nitrogens is 1. The Morgan fingerprint density at radius 2 is 2.12 bits per heavy atom. The molecule has 1 unspecified atom stereocenters. The summed E-state index contributed by atoms with van der Waals surface area (Å²) in [6, 6.07) is 6.02. The van der Waals surface area contributed by atoms with Gasteiger partial charge in [-0.15, -0.1) is 0 Å². The van der Waals surface area contributed by atoms with Crippen molar-refractivity contribution in [3.8, 4) is 0 Å². The molecule has 1 fully saturated rings. The van der Waals surface area contributed by atoms with Crippen LogP contribution >= 0.6 is 0 Å². The summed E-state index contributed by atoms with van der Waals surface area (Å²) >= 11 is 0. The molecular formula is C19H24N2O3. The molecule has 2 heterocycles. The van der Waals surface area contributed by atoms with Crippen molar-refractivity contribution in [3.05, 3.63) is 35.0 Å². The molecule has 1 aliphatic heterocycles. The lowest BCUT2D eigenvalue weighted by atomic mass is 9.93. The number of carbonyl (C=O) groups is 2. The number of hydrogen-bond donors (Lipinski definition) is 2. The van der Waals surface area contributed by atoms with Gasteiger partial charge in [-0.3, -0.25) is 9.59 Å². The second-order valence-corrected chi connectivity index (χ2v) is 6.84. The number of hydrogen-bond acceptors (Lipinski definition) is 2. The smallest absolute Gasteiger partial charge is 0.303 e. The van der Waals surface area contributed by atoms with Crippen molar-refractivity contribution in [1.82, 2.24) is 9.88 Å². The molecule has 1 atom stereocenters. The SMILES string of the molecule is Cc1ccc2[nH]c(C(=O)N3CCCC(CCC(=O)O)C3)cc2c1C. The number of piperidine rings is 1. The average molecular weight is 328 g/mol. The van der Waals surface area contributed by atoms with Gasteiger partial charge in [0, 0.05) is 30.4 Å². The number of nitrogens with one attached hydrogen (secondary N) is 1. The third-order valence-electron chi connectivity index (χ3n) is 5.15. The zero-order valence-corrected chi connectivity index (χ0v) is 14.3. The van der Waals surface area contributed by atoms with Gasteiger partial charge in [0.25, 0.3) is 5.91 Å². The van der Waals surface area contributed by atoms with Crippen LogP contribution in [0.2, 0.25) is 0 Å². The minimum atomic E-state index is -0.764. The summed E-state index contributed by atoms with van der Waals surface area (Å²) < 4.78 is 0. The fourth-order valence-electron chi connectivity index (χ4n) is 3.56. The fourth-order valence-corrected chi connectivity index (χ4v) is 3.56. The number of benzene rings is 1. The van der Waals surface area contributed by atoms with E-state index >= 15 is 0 Å². The number of aliphatic carboxylic acids is 1. The quantitative estimate of drug-likeness (QED) is 0.902. The molecule has 0 saturated carbocycles. The summed E-state index contributed by atoms with van der Waals surface area (Å²) in [6.07, 6.45) is 2.76. The minimum absolute atomic E-state index is 0.0169. The van der Waals surface area contributed by atoms with Crippen molar-refractivity contribution < 1.29 is 14.7 Å². The Hall–Kier alpha value is -2.30. The Bertz CT molecular complexity index is 778. The summed E-state index contributed by atoms with van der Waals surface area (Å²) in [7, 11) is 0. The number of carbonyl (C=O) groups excluding carboxylic acids is 1. The Balaban J connectivity index is 1.76. The van der Waals surface area contributed by atoms with Gasteiger partial charge in [-0.05, 0) is 62.3 Å². The van der Waals surface area contributed by atoms with Gasteiger partial charge in [-0.25, -0.2) is 0 Å². The first-order valence-electron chi connectivity index (χ1n) is 8.55. The molecule has 0 radical (unpaired) electrons. The van der Waals surface area contributed by atoms with E-state index in [2.05, 4.69) is 24.9 Å². The van der Waals surface area contributed by atoms with Crippen molar-refractivity contribution >= 4 is 22.8 Å². The minimum Gasteiger partial charge on any atom is -0.481 e. The van der Waals surface area contributed by atoms with Crippen LogP contribution in [0.15, 0.2) is 18.2 Å². The Labute approximate surface area is 141 Å². The third-order valence-corrected chi connectivity index (χ3v) is 5.15. The summed E-state index contributed by atoms with van der Waals surface area (Å²) in [6.45, 7) is 5.54. The maximum Gasteiger partial charge on any atom is 0.303 e. The van der Waals surface area contributed by atoms with Crippen molar-refractivity contribution in [3.63, 3.8) is 0 Å². The Morgan fingerprint density at radius 3 is 2.88 bits per heavy atom. The lowest BCUT2D eigenvalue weighted by Gasteiger charge is -2.32. The molecule has 5 nitrogen and oxygen atoms in total. The van der Waals surface area contributed by atoms with E-state index < -0.39 is 5.97 Å². The van der Waals surface area contributed by atoms with Crippen molar-refractivity contribution in [2.75, 3.05) is 13.1 Å². The monoisotopic (exact) mass is 328 g/mol. The maximum absolute atomic E-state index is 12.8. The predicted octanol–water partition coefficient (Wildman–Crippen LogP) is 3.50. The van der Waals surface area contributed by atoms with Crippen molar-refractivity contribution in [2.45, 2.75) is 39.5 Å². The summed E-state index contributed by atoms with van der Waals surface area (Å²) in [4.78, 5) is 28.7. The highest BCUT2D eigenvalue weighted by molar-refractivity contribution is 5.99. The molecule has 128 valence electrons. The number of aromatic amines is 1. The van der Waals surface area contributed by atoms with Crippen molar-refractivity contribution in [2.24, 2.45) is 5.92 Å². The van der Waals surface area contributed by atoms with Crippen molar-refractivity contribution in [1.29, 1.82) is 0 Å². The number of fused-ring (bicyclic) bond motifs is 1. The number of aryl methyl sites for hydroxylation is 2. The van der Waals surface area contributed by atoms with Gasteiger partial charge in [0.15, 0.2) is 0 Å². The number of H-pyrrole nitrogens is 1. The van der Waals surface area contributed by atoms with Crippen LogP contribution in [0.4, 0.5) is 0 Å². The van der Waals surface area contributed by atoms with Gasteiger partial charge < -0.3 is 15.0 Å². The molecule has 3 rings (SSSR count). The van der Waals surface area contributed by atoms with E-state index in [0.29, 0.717) is 18.7 Å². The molecule has 1 aromatic heterocycles. The van der Waals surface area contributed by atoms with E-state index in [4.69, 9.17) is 5.11 Å². The van der Waals surface area contributed by atoms with Crippen LogP contribution in [0.1, 0.15) is 47.3 Å². The summed E-state index contributed by atoms with van der Waals surface area (Å²) in [5, 5.41) is 9.94. The largest absolute Gasteiger partial charge is 0.481 e. The lowest BCUT2D eigenvalue weighted by molar-refractivity contribution is -0.137. The number of carboxylic acid groups (broad SMARTS) is 1. The van der Waals surface area contributed by atoms with Gasteiger partial charge in [0.2, 0.25) is 0 Å².